The highest BCUT2D eigenvalue weighted by Gasteiger charge is 2.09. The molecule has 4 N–H and O–H groups in total. The van der Waals surface area contributed by atoms with E-state index in [4.69, 9.17) is 15.9 Å². The molecule has 0 spiro atoms. The molecule has 6 heteroatoms. The normalized spacial score (nSPS) is 13.1. The molecule has 0 aromatic rings. The Labute approximate surface area is 73.2 Å². The van der Waals surface area contributed by atoms with Crippen LogP contribution in [0.1, 0.15) is 0 Å². The van der Waals surface area contributed by atoms with Crippen molar-refractivity contribution >= 4 is 23.7 Å². The lowest BCUT2D eigenvalue weighted by molar-refractivity contribution is -0.138. The second-order valence-electron chi connectivity index (χ2n) is 1.92. The van der Waals surface area contributed by atoms with Crippen molar-refractivity contribution in [1.29, 1.82) is 0 Å². The van der Waals surface area contributed by atoms with Gasteiger partial charge in [0.1, 0.15) is 6.04 Å². The molecule has 0 fully saturated rings. The molecule has 0 heterocycles. The summed E-state index contributed by atoms with van der Waals surface area (Å²) in [5.74, 6) is -1.99. The molecular formula is C6H9NO4S. The van der Waals surface area contributed by atoms with Crippen molar-refractivity contribution in [3.05, 3.63) is 11.5 Å². The highest BCUT2D eigenvalue weighted by Crippen LogP contribution is 2.03. The molecular weight excluding hydrogens is 182 g/mol. The number of hydrogen-bond acceptors (Lipinski definition) is 4. The maximum Gasteiger partial charge on any atom is 0.328 e. The molecule has 0 aromatic heterocycles. The Balaban J connectivity index is 3.56. The van der Waals surface area contributed by atoms with Gasteiger partial charge in [-0.1, -0.05) is 0 Å². The maximum absolute atomic E-state index is 10.1. The Morgan fingerprint density at radius 1 is 1.50 bits per heavy atom. The monoisotopic (exact) mass is 191 g/mol. The van der Waals surface area contributed by atoms with Crippen LogP contribution in [-0.2, 0) is 9.59 Å². The molecule has 5 nitrogen and oxygen atoms in total. The van der Waals surface area contributed by atoms with Crippen LogP contribution in [0.5, 0.6) is 0 Å². The third-order valence-electron chi connectivity index (χ3n) is 0.900. The summed E-state index contributed by atoms with van der Waals surface area (Å²) in [6, 6.07) is -0.951. The number of carbonyl (C=O) groups is 2. The van der Waals surface area contributed by atoms with E-state index in [1.165, 1.54) is 5.41 Å². The molecule has 1 atom stereocenters. The van der Waals surface area contributed by atoms with E-state index >= 15 is 0 Å². The van der Waals surface area contributed by atoms with Gasteiger partial charge in [0.15, 0.2) is 0 Å². The van der Waals surface area contributed by atoms with Gasteiger partial charge in [0.2, 0.25) is 0 Å². The van der Waals surface area contributed by atoms with Gasteiger partial charge < -0.3 is 15.9 Å². The van der Waals surface area contributed by atoms with E-state index in [9.17, 15) is 9.59 Å². The van der Waals surface area contributed by atoms with E-state index in [1.807, 2.05) is 0 Å². The summed E-state index contributed by atoms with van der Waals surface area (Å²) in [4.78, 5) is 20.1. The van der Waals surface area contributed by atoms with Gasteiger partial charge in [-0.2, -0.15) is 0 Å². The van der Waals surface area contributed by atoms with Gasteiger partial charge in [-0.15, -0.1) is 11.8 Å². The largest absolute Gasteiger partial charge is 0.480 e. The number of carboxylic acid groups (broad SMARTS) is 2. The van der Waals surface area contributed by atoms with Crippen LogP contribution in [-0.4, -0.2) is 33.9 Å². The van der Waals surface area contributed by atoms with E-state index in [0.29, 0.717) is 0 Å². The Morgan fingerprint density at radius 2 is 2.08 bits per heavy atom. The fourth-order valence-corrected chi connectivity index (χ4v) is 1.01. The molecule has 0 aliphatic carbocycles. The molecule has 0 aliphatic heterocycles. The minimum absolute atomic E-state index is 0.166. The smallest absolute Gasteiger partial charge is 0.328 e. The second kappa shape index (κ2) is 5.62. The lowest BCUT2D eigenvalue weighted by atomic mass is 10.4. The Kier molecular flexibility index (Phi) is 5.14. The fourth-order valence-electron chi connectivity index (χ4n) is 0.337. The van der Waals surface area contributed by atoms with E-state index < -0.39 is 18.0 Å². The molecule has 0 saturated heterocycles. The van der Waals surface area contributed by atoms with Crippen LogP contribution in [0.3, 0.4) is 0 Å². The SMILES string of the molecule is N[C@H](CS/C=C/C(=O)O)C(=O)O. The maximum atomic E-state index is 10.1. The zero-order chi connectivity index (χ0) is 9.56. The zero-order valence-corrected chi connectivity index (χ0v) is 6.95. The number of carboxylic acids is 2. The van der Waals surface area contributed by atoms with Crippen molar-refractivity contribution < 1.29 is 19.8 Å². The van der Waals surface area contributed by atoms with Gasteiger partial charge in [-0.25, -0.2) is 4.79 Å². The molecule has 0 amide bonds. The first-order valence-electron chi connectivity index (χ1n) is 3.03. The number of aliphatic carboxylic acids is 2. The van der Waals surface area contributed by atoms with Gasteiger partial charge in [-0.05, 0) is 5.41 Å². The van der Waals surface area contributed by atoms with Gasteiger partial charge in [-0.3, -0.25) is 4.79 Å². The van der Waals surface area contributed by atoms with Gasteiger partial charge in [0.05, 0.1) is 0 Å². The molecule has 0 aromatic carbocycles. The number of thioether (sulfide) groups is 1. The quantitative estimate of drug-likeness (QED) is 0.517. The third-order valence-corrected chi connectivity index (χ3v) is 1.78. The first-order valence-corrected chi connectivity index (χ1v) is 4.08. The van der Waals surface area contributed by atoms with Crippen LogP contribution < -0.4 is 5.73 Å². The summed E-state index contributed by atoms with van der Waals surface area (Å²) < 4.78 is 0. The van der Waals surface area contributed by atoms with Crippen LogP contribution in [0.15, 0.2) is 11.5 Å². The second-order valence-corrected chi connectivity index (χ2v) is 2.86. The predicted molar refractivity (Wildman–Crippen MR) is 44.8 cm³/mol. The first-order chi connectivity index (χ1) is 5.54. The van der Waals surface area contributed by atoms with Crippen LogP contribution in [0.25, 0.3) is 0 Å². The van der Waals surface area contributed by atoms with Gasteiger partial charge in [0.25, 0.3) is 0 Å². The van der Waals surface area contributed by atoms with Crippen molar-refractivity contribution in [3.63, 3.8) is 0 Å². The van der Waals surface area contributed by atoms with Crippen LogP contribution in [0.4, 0.5) is 0 Å². The molecule has 0 unspecified atom stereocenters. The summed E-state index contributed by atoms with van der Waals surface area (Å²) in [5, 5.41) is 17.7. The molecule has 0 rings (SSSR count). The van der Waals surface area contributed by atoms with Crippen molar-refractivity contribution in [2.45, 2.75) is 6.04 Å². The Hall–Kier alpha value is -1.01. The molecule has 68 valence electrons. The Morgan fingerprint density at radius 3 is 2.50 bits per heavy atom. The van der Waals surface area contributed by atoms with Crippen LogP contribution in [0.2, 0.25) is 0 Å². The zero-order valence-electron chi connectivity index (χ0n) is 6.14. The minimum Gasteiger partial charge on any atom is -0.480 e. The fraction of sp³-hybridized carbons (Fsp3) is 0.333. The summed E-state index contributed by atoms with van der Waals surface area (Å²) >= 11 is 1.05. The number of rotatable bonds is 5. The predicted octanol–water partition coefficient (Wildman–Crippen LogP) is -0.270. The van der Waals surface area contributed by atoms with Crippen molar-refractivity contribution in [2.75, 3.05) is 5.75 Å². The van der Waals surface area contributed by atoms with Gasteiger partial charge in [0, 0.05) is 11.8 Å². The molecule has 0 radical (unpaired) electrons. The highest BCUT2D eigenvalue weighted by molar-refractivity contribution is 8.02. The van der Waals surface area contributed by atoms with E-state index in [0.717, 1.165) is 17.8 Å². The molecule has 0 bridgehead atoms. The van der Waals surface area contributed by atoms with Crippen LogP contribution >= 0.6 is 11.8 Å². The first kappa shape index (κ1) is 11.0. The van der Waals surface area contributed by atoms with Gasteiger partial charge >= 0.3 is 11.9 Å². The summed E-state index contributed by atoms with van der Waals surface area (Å²) in [6.07, 6.45) is 0.930. The third kappa shape index (κ3) is 5.75. The van der Waals surface area contributed by atoms with Crippen molar-refractivity contribution in [1.82, 2.24) is 0 Å². The summed E-state index contributed by atoms with van der Waals surface area (Å²) in [5.41, 5.74) is 5.13. The standard InChI is InChI=1S/C6H9NO4S/c7-4(6(10)11)3-12-2-1-5(8)9/h1-2,4H,3,7H2,(H,8,9)(H,10,11)/b2-1+/t4-/m1/s1. The summed E-state index contributed by atoms with van der Waals surface area (Å²) in [6.45, 7) is 0. The van der Waals surface area contributed by atoms with Crippen molar-refractivity contribution in [2.24, 2.45) is 5.73 Å². The number of nitrogens with two attached hydrogens (primary N) is 1. The summed E-state index contributed by atoms with van der Waals surface area (Å²) in [7, 11) is 0. The van der Waals surface area contributed by atoms with Crippen molar-refractivity contribution in [3.8, 4) is 0 Å². The molecule has 12 heavy (non-hydrogen) atoms. The topological polar surface area (TPSA) is 101 Å². The lowest BCUT2D eigenvalue weighted by Gasteiger charge is -2.01. The molecule has 0 saturated carbocycles. The Bertz CT molecular complexity index is 204. The van der Waals surface area contributed by atoms with E-state index in [-0.39, 0.29) is 5.75 Å². The lowest BCUT2D eigenvalue weighted by Crippen LogP contribution is -2.32. The molecule has 0 aliphatic rings. The minimum atomic E-state index is -1.09. The average Bonchev–Trinajstić information content (AvgIpc) is 1.97. The average molecular weight is 191 g/mol. The number of hydrogen-bond donors (Lipinski definition) is 3. The van der Waals surface area contributed by atoms with E-state index in [2.05, 4.69) is 0 Å². The van der Waals surface area contributed by atoms with E-state index in [1.54, 1.807) is 0 Å². The highest BCUT2D eigenvalue weighted by atomic mass is 32.2. The van der Waals surface area contributed by atoms with Crippen LogP contribution in [0, 0.1) is 0 Å².